The molecule has 0 spiro atoms. The predicted octanol–water partition coefficient (Wildman–Crippen LogP) is 3.94. The molecule has 1 aromatic rings. The summed E-state index contributed by atoms with van der Waals surface area (Å²) >= 11 is 2.27. The van der Waals surface area contributed by atoms with Gasteiger partial charge in [-0.25, -0.2) is 0 Å². The van der Waals surface area contributed by atoms with Gasteiger partial charge in [0.15, 0.2) is 0 Å². The monoisotopic (exact) mass is 315 g/mol. The minimum Gasteiger partial charge on any atom is -0.377 e. The summed E-state index contributed by atoms with van der Waals surface area (Å²) in [5.41, 5.74) is 4.12. The molecule has 0 saturated heterocycles. The number of allylic oxidation sites excluding steroid dienone is 1. The first kappa shape index (κ1) is 12.6. The first-order valence-corrected chi connectivity index (χ1v) is 6.42. The van der Waals surface area contributed by atoms with Crippen molar-refractivity contribution in [2.75, 3.05) is 19.0 Å². The van der Waals surface area contributed by atoms with E-state index in [9.17, 15) is 0 Å². The molecule has 82 valence electrons. The topological polar surface area (TPSA) is 3.24 Å². The van der Waals surface area contributed by atoms with Gasteiger partial charge in [0.1, 0.15) is 0 Å². The lowest BCUT2D eigenvalue weighted by Gasteiger charge is -2.17. The van der Waals surface area contributed by atoms with Gasteiger partial charge in [-0.15, -0.1) is 0 Å². The Morgan fingerprint density at radius 1 is 1.33 bits per heavy atom. The van der Waals surface area contributed by atoms with Crippen molar-refractivity contribution in [3.8, 4) is 0 Å². The van der Waals surface area contributed by atoms with Crippen molar-refractivity contribution in [3.63, 3.8) is 0 Å². The standard InChI is InChI=1S/C13H18IN/c1-11-7-8-13(15(2)3)12(10-11)6-4-5-9-14/h5,7-10H,4,6H2,1-3H3/b9-5+. The van der Waals surface area contributed by atoms with Gasteiger partial charge in [0.05, 0.1) is 0 Å². The highest BCUT2D eigenvalue weighted by atomic mass is 127. The molecule has 0 aromatic heterocycles. The zero-order chi connectivity index (χ0) is 11.3. The van der Waals surface area contributed by atoms with Gasteiger partial charge in [0.25, 0.3) is 0 Å². The summed E-state index contributed by atoms with van der Waals surface area (Å²) in [6.45, 7) is 2.15. The Hall–Kier alpha value is -0.510. The quantitative estimate of drug-likeness (QED) is 0.761. The number of nitrogens with zero attached hydrogens (tertiary/aromatic N) is 1. The fourth-order valence-electron chi connectivity index (χ4n) is 1.65. The lowest BCUT2D eigenvalue weighted by atomic mass is 10.0. The van der Waals surface area contributed by atoms with Crippen LogP contribution in [0.25, 0.3) is 0 Å². The van der Waals surface area contributed by atoms with E-state index >= 15 is 0 Å². The highest BCUT2D eigenvalue weighted by molar-refractivity contribution is 14.1. The third kappa shape index (κ3) is 3.86. The Morgan fingerprint density at radius 2 is 2.07 bits per heavy atom. The van der Waals surface area contributed by atoms with E-state index in [0.717, 1.165) is 12.8 Å². The number of hydrogen-bond donors (Lipinski definition) is 0. The van der Waals surface area contributed by atoms with E-state index in [2.05, 4.69) is 76.9 Å². The van der Waals surface area contributed by atoms with Crippen LogP contribution in [-0.2, 0) is 6.42 Å². The smallest absolute Gasteiger partial charge is 0.0393 e. The molecule has 0 heterocycles. The lowest BCUT2D eigenvalue weighted by molar-refractivity contribution is 0.978. The summed E-state index contributed by atoms with van der Waals surface area (Å²) in [5.74, 6) is 0. The molecule has 0 saturated carbocycles. The molecule has 0 bridgehead atoms. The van der Waals surface area contributed by atoms with Crippen LogP contribution in [0, 0.1) is 6.92 Å². The number of halogens is 1. The van der Waals surface area contributed by atoms with Crippen molar-refractivity contribution < 1.29 is 0 Å². The van der Waals surface area contributed by atoms with Crippen molar-refractivity contribution in [3.05, 3.63) is 39.5 Å². The highest BCUT2D eigenvalue weighted by Crippen LogP contribution is 2.21. The van der Waals surface area contributed by atoms with Crippen LogP contribution in [0.5, 0.6) is 0 Å². The molecule has 0 unspecified atom stereocenters. The van der Waals surface area contributed by atoms with E-state index in [1.807, 2.05) is 0 Å². The Morgan fingerprint density at radius 3 is 2.67 bits per heavy atom. The van der Waals surface area contributed by atoms with Gasteiger partial charge in [-0.1, -0.05) is 46.4 Å². The summed E-state index contributed by atoms with van der Waals surface area (Å²) in [5, 5.41) is 0. The van der Waals surface area contributed by atoms with E-state index in [0.29, 0.717) is 0 Å². The van der Waals surface area contributed by atoms with Gasteiger partial charge < -0.3 is 4.90 Å². The van der Waals surface area contributed by atoms with Crippen molar-refractivity contribution in [2.45, 2.75) is 19.8 Å². The van der Waals surface area contributed by atoms with Gasteiger partial charge >= 0.3 is 0 Å². The fourth-order valence-corrected chi connectivity index (χ4v) is 2.01. The average molecular weight is 315 g/mol. The number of hydrogen-bond acceptors (Lipinski definition) is 1. The second-order valence-corrected chi connectivity index (χ2v) is 4.65. The molecule has 1 aromatic carbocycles. The first-order chi connectivity index (χ1) is 7.15. The summed E-state index contributed by atoms with van der Waals surface area (Å²) in [4.78, 5) is 2.18. The normalized spacial score (nSPS) is 10.9. The maximum atomic E-state index is 2.29. The molecular weight excluding hydrogens is 297 g/mol. The molecular formula is C13H18IN. The molecule has 0 fully saturated rings. The molecule has 0 aliphatic rings. The third-order valence-corrected chi connectivity index (χ3v) is 2.89. The molecule has 0 radical (unpaired) electrons. The second kappa shape index (κ2) is 6.16. The number of rotatable bonds is 4. The van der Waals surface area contributed by atoms with E-state index in [-0.39, 0.29) is 0 Å². The Labute approximate surface area is 106 Å². The summed E-state index contributed by atoms with van der Waals surface area (Å²) < 4.78 is 2.09. The zero-order valence-electron chi connectivity index (χ0n) is 9.63. The average Bonchev–Trinajstić information content (AvgIpc) is 2.18. The van der Waals surface area contributed by atoms with Gasteiger partial charge in [-0.05, 0) is 35.5 Å². The van der Waals surface area contributed by atoms with Gasteiger partial charge in [0, 0.05) is 19.8 Å². The van der Waals surface area contributed by atoms with E-state index in [1.165, 1.54) is 16.8 Å². The fraction of sp³-hybridized carbons (Fsp3) is 0.385. The van der Waals surface area contributed by atoms with Crippen LogP contribution in [0.2, 0.25) is 0 Å². The molecule has 0 atom stereocenters. The minimum absolute atomic E-state index is 1.12. The van der Waals surface area contributed by atoms with Gasteiger partial charge in [-0.3, -0.25) is 0 Å². The molecule has 0 aliphatic carbocycles. The van der Waals surface area contributed by atoms with Crippen molar-refractivity contribution in [1.82, 2.24) is 0 Å². The van der Waals surface area contributed by atoms with Crippen LogP contribution in [0.15, 0.2) is 28.4 Å². The molecule has 1 nitrogen and oxygen atoms in total. The number of aryl methyl sites for hydroxylation is 2. The van der Waals surface area contributed by atoms with Crippen molar-refractivity contribution >= 4 is 28.3 Å². The maximum absolute atomic E-state index is 2.29. The molecule has 15 heavy (non-hydrogen) atoms. The van der Waals surface area contributed by atoms with Crippen molar-refractivity contribution in [1.29, 1.82) is 0 Å². The summed E-state index contributed by atoms with van der Waals surface area (Å²) in [6.07, 6.45) is 4.45. The van der Waals surface area contributed by atoms with E-state index < -0.39 is 0 Å². The molecule has 1 rings (SSSR count). The SMILES string of the molecule is Cc1ccc(N(C)C)c(CC/C=C/I)c1. The number of benzene rings is 1. The minimum atomic E-state index is 1.12. The predicted molar refractivity (Wildman–Crippen MR) is 77.0 cm³/mol. The molecule has 0 aliphatic heterocycles. The van der Waals surface area contributed by atoms with Crippen molar-refractivity contribution in [2.24, 2.45) is 0 Å². The van der Waals surface area contributed by atoms with Gasteiger partial charge in [-0.2, -0.15) is 0 Å². The first-order valence-electron chi connectivity index (χ1n) is 5.17. The van der Waals surface area contributed by atoms with Crippen LogP contribution in [-0.4, -0.2) is 14.1 Å². The third-order valence-electron chi connectivity index (χ3n) is 2.39. The number of anilines is 1. The van der Waals surface area contributed by atoms with Crippen LogP contribution in [0.1, 0.15) is 17.5 Å². The Kier molecular flexibility index (Phi) is 5.15. The van der Waals surface area contributed by atoms with Crippen LogP contribution in [0.4, 0.5) is 5.69 Å². The highest BCUT2D eigenvalue weighted by Gasteiger charge is 2.03. The molecule has 0 amide bonds. The maximum Gasteiger partial charge on any atom is 0.0393 e. The van der Waals surface area contributed by atoms with Crippen LogP contribution in [0.3, 0.4) is 0 Å². The largest absolute Gasteiger partial charge is 0.377 e. The zero-order valence-corrected chi connectivity index (χ0v) is 11.8. The second-order valence-electron chi connectivity index (χ2n) is 3.93. The van der Waals surface area contributed by atoms with E-state index in [4.69, 9.17) is 0 Å². The van der Waals surface area contributed by atoms with E-state index in [1.54, 1.807) is 0 Å². The lowest BCUT2D eigenvalue weighted by Crippen LogP contribution is -2.11. The molecule has 2 heteroatoms. The summed E-state index contributed by atoms with van der Waals surface area (Å²) in [7, 11) is 4.20. The van der Waals surface area contributed by atoms with Crippen LogP contribution < -0.4 is 4.90 Å². The Balaban J connectivity index is 2.86. The summed E-state index contributed by atoms with van der Waals surface area (Å²) in [6, 6.07) is 6.67. The molecule has 0 N–H and O–H groups in total. The van der Waals surface area contributed by atoms with Crippen LogP contribution >= 0.6 is 22.6 Å². The Bertz CT molecular complexity index is 342. The van der Waals surface area contributed by atoms with Gasteiger partial charge in [0.2, 0.25) is 0 Å².